The van der Waals surface area contributed by atoms with Crippen LogP contribution in [0, 0.1) is 0 Å². The molecule has 17 heavy (non-hydrogen) atoms. The minimum atomic E-state index is -3.28. The molecule has 0 amide bonds. The van der Waals surface area contributed by atoms with Gasteiger partial charge < -0.3 is 5.11 Å². The molecule has 0 aliphatic carbocycles. The fourth-order valence-corrected chi connectivity index (χ4v) is 2.83. The van der Waals surface area contributed by atoms with Gasteiger partial charge in [0.1, 0.15) is 0 Å². The van der Waals surface area contributed by atoms with Crippen molar-refractivity contribution < 1.29 is 13.5 Å². The third kappa shape index (κ3) is 5.25. The molecule has 0 saturated heterocycles. The molecule has 96 valence electrons. The van der Waals surface area contributed by atoms with Crippen molar-refractivity contribution in [3.8, 4) is 0 Å². The third-order valence-electron chi connectivity index (χ3n) is 2.38. The van der Waals surface area contributed by atoms with Crippen LogP contribution in [0.4, 0.5) is 0 Å². The molecular formula is C11H18N2O3S. The Kier molecular flexibility index (Phi) is 5.54. The highest BCUT2D eigenvalue weighted by molar-refractivity contribution is 7.89. The molecule has 0 aliphatic rings. The van der Waals surface area contributed by atoms with Crippen LogP contribution in [-0.4, -0.2) is 30.9 Å². The largest absolute Gasteiger partial charge is 0.396 e. The lowest BCUT2D eigenvalue weighted by molar-refractivity contribution is 0.287. The average molecular weight is 258 g/mol. The summed E-state index contributed by atoms with van der Waals surface area (Å²) in [7, 11) is -3.28. The molecule has 5 nitrogen and oxygen atoms in total. The van der Waals surface area contributed by atoms with Gasteiger partial charge >= 0.3 is 0 Å². The van der Waals surface area contributed by atoms with E-state index in [0.717, 1.165) is 5.56 Å². The Labute approximate surface area is 102 Å². The number of rotatable bonds is 7. The number of pyridine rings is 1. The second kappa shape index (κ2) is 6.68. The average Bonchev–Trinajstić information content (AvgIpc) is 2.30. The second-order valence-corrected chi connectivity index (χ2v) is 5.74. The topological polar surface area (TPSA) is 79.3 Å². The maximum Gasteiger partial charge on any atom is 0.212 e. The van der Waals surface area contributed by atoms with Crippen LogP contribution in [0.3, 0.4) is 0 Å². The molecule has 6 heteroatoms. The Morgan fingerprint density at radius 1 is 1.35 bits per heavy atom. The maximum atomic E-state index is 11.7. The van der Waals surface area contributed by atoms with Gasteiger partial charge in [-0.15, -0.1) is 0 Å². The van der Waals surface area contributed by atoms with Gasteiger partial charge in [0.05, 0.1) is 5.75 Å². The Morgan fingerprint density at radius 2 is 2.00 bits per heavy atom. The maximum absolute atomic E-state index is 11.7. The van der Waals surface area contributed by atoms with Crippen molar-refractivity contribution in [3.05, 3.63) is 30.1 Å². The summed E-state index contributed by atoms with van der Waals surface area (Å²) in [5.74, 6) is 0.0446. The zero-order valence-corrected chi connectivity index (χ0v) is 10.7. The van der Waals surface area contributed by atoms with Gasteiger partial charge in [0.2, 0.25) is 10.0 Å². The highest BCUT2D eigenvalue weighted by Gasteiger charge is 2.14. The lowest BCUT2D eigenvalue weighted by Crippen LogP contribution is -2.29. The fourth-order valence-electron chi connectivity index (χ4n) is 1.45. The van der Waals surface area contributed by atoms with Crippen molar-refractivity contribution in [2.75, 3.05) is 12.4 Å². The molecule has 1 heterocycles. The molecule has 0 aromatic carbocycles. The summed E-state index contributed by atoms with van der Waals surface area (Å²) in [6, 6.07) is 3.29. The molecule has 0 aliphatic heterocycles. The van der Waals surface area contributed by atoms with E-state index in [9.17, 15) is 8.42 Å². The SMILES string of the molecule is CC(NS(=O)(=O)CCCCO)c1ccncc1. The summed E-state index contributed by atoms with van der Waals surface area (Å²) >= 11 is 0. The predicted octanol–water partition coefficient (Wildman–Crippen LogP) is 0.834. The number of hydrogen-bond acceptors (Lipinski definition) is 4. The molecule has 0 radical (unpaired) electrons. The van der Waals surface area contributed by atoms with Crippen molar-refractivity contribution in [1.29, 1.82) is 0 Å². The number of sulfonamides is 1. The molecule has 1 atom stereocenters. The van der Waals surface area contributed by atoms with E-state index < -0.39 is 10.0 Å². The van der Waals surface area contributed by atoms with Crippen LogP contribution in [0.5, 0.6) is 0 Å². The summed E-state index contributed by atoms with van der Waals surface area (Å²) in [5.41, 5.74) is 0.880. The first-order valence-corrected chi connectivity index (χ1v) is 7.21. The summed E-state index contributed by atoms with van der Waals surface area (Å²) in [4.78, 5) is 3.88. The number of aliphatic hydroxyl groups excluding tert-OH is 1. The van der Waals surface area contributed by atoms with Crippen LogP contribution >= 0.6 is 0 Å². The quantitative estimate of drug-likeness (QED) is 0.710. The minimum Gasteiger partial charge on any atom is -0.396 e. The van der Waals surface area contributed by atoms with E-state index in [1.807, 2.05) is 0 Å². The summed E-state index contributed by atoms with van der Waals surface area (Å²) < 4.78 is 26.0. The molecule has 2 N–H and O–H groups in total. The van der Waals surface area contributed by atoms with Gasteiger partial charge in [0, 0.05) is 25.0 Å². The molecular weight excluding hydrogens is 240 g/mol. The molecule has 1 aromatic rings. The van der Waals surface area contributed by atoms with Crippen LogP contribution in [0.2, 0.25) is 0 Å². The van der Waals surface area contributed by atoms with E-state index in [1.165, 1.54) is 0 Å². The monoisotopic (exact) mass is 258 g/mol. The predicted molar refractivity (Wildman–Crippen MR) is 65.9 cm³/mol. The normalized spacial score (nSPS) is 13.5. The first-order valence-electron chi connectivity index (χ1n) is 5.56. The van der Waals surface area contributed by atoms with Crippen molar-refractivity contribution >= 4 is 10.0 Å². The smallest absolute Gasteiger partial charge is 0.212 e. The van der Waals surface area contributed by atoms with Crippen molar-refractivity contribution in [2.45, 2.75) is 25.8 Å². The van der Waals surface area contributed by atoms with Crippen LogP contribution in [0.1, 0.15) is 31.4 Å². The molecule has 0 spiro atoms. The van der Waals surface area contributed by atoms with Crippen molar-refractivity contribution in [2.24, 2.45) is 0 Å². The summed E-state index contributed by atoms with van der Waals surface area (Å²) in [6.07, 6.45) is 4.23. The first kappa shape index (κ1) is 14.1. The van der Waals surface area contributed by atoms with E-state index >= 15 is 0 Å². The Morgan fingerprint density at radius 3 is 2.59 bits per heavy atom. The van der Waals surface area contributed by atoms with E-state index in [0.29, 0.717) is 12.8 Å². The zero-order chi connectivity index (χ0) is 12.7. The number of aliphatic hydroxyl groups is 1. The lowest BCUT2D eigenvalue weighted by atomic mass is 10.1. The lowest BCUT2D eigenvalue weighted by Gasteiger charge is -2.14. The van der Waals surface area contributed by atoms with Crippen molar-refractivity contribution in [1.82, 2.24) is 9.71 Å². The molecule has 1 unspecified atom stereocenters. The minimum absolute atomic E-state index is 0.0232. The molecule has 0 saturated carbocycles. The van der Waals surface area contributed by atoms with E-state index in [1.54, 1.807) is 31.5 Å². The molecule has 1 rings (SSSR count). The standard InChI is InChI=1S/C11H18N2O3S/c1-10(11-4-6-12-7-5-11)13-17(15,16)9-3-2-8-14/h4-7,10,13-14H,2-3,8-9H2,1H3. The van der Waals surface area contributed by atoms with Gasteiger partial charge in [-0.3, -0.25) is 4.98 Å². The molecule has 1 aromatic heterocycles. The van der Waals surface area contributed by atoms with E-state index in [4.69, 9.17) is 5.11 Å². The highest BCUT2D eigenvalue weighted by atomic mass is 32.2. The Bertz CT molecular complexity index is 420. The molecule has 0 fully saturated rings. The van der Waals surface area contributed by atoms with Gasteiger partial charge in [-0.2, -0.15) is 0 Å². The zero-order valence-electron chi connectivity index (χ0n) is 9.83. The summed E-state index contributed by atoms with van der Waals surface area (Å²) in [6.45, 7) is 1.81. The highest BCUT2D eigenvalue weighted by Crippen LogP contribution is 2.12. The molecule has 0 bridgehead atoms. The second-order valence-electron chi connectivity index (χ2n) is 3.87. The number of aromatic nitrogens is 1. The van der Waals surface area contributed by atoms with Crippen LogP contribution in [-0.2, 0) is 10.0 Å². The first-order chi connectivity index (χ1) is 8.05. The van der Waals surface area contributed by atoms with Crippen LogP contribution in [0.15, 0.2) is 24.5 Å². The fraction of sp³-hybridized carbons (Fsp3) is 0.545. The van der Waals surface area contributed by atoms with Gasteiger partial charge in [-0.25, -0.2) is 13.1 Å². The van der Waals surface area contributed by atoms with E-state index in [2.05, 4.69) is 9.71 Å². The number of nitrogens with one attached hydrogen (secondary N) is 1. The van der Waals surface area contributed by atoms with Crippen LogP contribution in [0.25, 0.3) is 0 Å². The van der Waals surface area contributed by atoms with Gasteiger partial charge in [0.25, 0.3) is 0 Å². The van der Waals surface area contributed by atoms with Gasteiger partial charge in [0.15, 0.2) is 0 Å². The van der Waals surface area contributed by atoms with Gasteiger partial charge in [-0.05, 0) is 37.5 Å². The number of hydrogen-bond donors (Lipinski definition) is 2. The van der Waals surface area contributed by atoms with Crippen molar-refractivity contribution in [3.63, 3.8) is 0 Å². The Hall–Kier alpha value is -0.980. The van der Waals surface area contributed by atoms with E-state index in [-0.39, 0.29) is 18.4 Å². The third-order valence-corrected chi connectivity index (χ3v) is 3.92. The Balaban J connectivity index is 2.53. The van der Waals surface area contributed by atoms with Gasteiger partial charge in [-0.1, -0.05) is 0 Å². The van der Waals surface area contributed by atoms with Crippen LogP contribution < -0.4 is 4.72 Å². The number of nitrogens with zero attached hydrogens (tertiary/aromatic N) is 1. The number of unbranched alkanes of at least 4 members (excludes halogenated alkanes) is 1. The summed E-state index contributed by atoms with van der Waals surface area (Å²) in [5, 5.41) is 8.60.